The molecule has 178 valence electrons. The molecule has 2 saturated carbocycles. The van der Waals surface area contributed by atoms with Crippen LogP contribution in [0.25, 0.3) is 11.3 Å². The van der Waals surface area contributed by atoms with Gasteiger partial charge in [0.15, 0.2) is 18.1 Å². The van der Waals surface area contributed by atoms with Crippen molar-refractivity contribution in [2.24, 2.45) is 0 Å². The van der Waals surface area contributed by atoms with Crippen molar-refractivity contribution in [1.29, 1.82) is 0 Å². The minimum atomic E-state index is -0.0991. The molecule has 2 aromatic rings. The number of rotatable bonds is 7. The normalized spacial score (nSPS) is 17.5. The van der Waals surface area contributed by atoms with Crippen LogP contribution in [0.15, 0.2) is 34.9 Å². The van der Waals surface area contributed by atoms with Gasteiger partial charge in [-0.2, -0.15) is 0 Å². The fourth-order valence-corrected chi connectivity index (χ4v) is 4.98. The minimum absolute atomic E-state index is 0.00551. The smallest absolute Gasteiger partial charge is 0.276 e. The van der Waals surface area contributed by atoms with Crippen molar-refractivity contribution in [3.05, 3.63) is 36.0 Å². The van der Waals surface area contributed by atoms with Crippen molar-refractivity contribution in [3.8, 4) is 17.1 Å². The summed E-state index contributed by atoms with van der Waals surface area (Å²) in [5.41, 5.74) is 1.20. The molecular formula is C26H35N3O4. The molecule has 1 heterocycles. The average molecular weight is 454 g/mol. The predicted molar refractivity (Wildman–Crippen MR) is 126 cm³/mol. The Morgan fingerprint density at radius 3 is 2.06 bits per heavy atom. The summed E-state index contributed by atoms with van der Waals surface area (Å²) < 4.78 is 11.1. The molecule has 2 amide bonds. The van der Waals surface area contributed by atoms with Gasteiger partial charge in [-0.25, -0.2) is 0 Å². The van der Waals surface area contributed by atoms with Crippen molar-refractivity contribution < 1.29 is 18.8 Å². The first-order valence-corrected chi connectivity index (χ1v) is 12.3. The monoisotopic (exact) mass is 453 g/mol. The molecule has 0 saturated heterocycles. The molecule has 7 nitrogen and oxygen atoms in total. The molecule has 0 N–H and O–H groups in total. The SMILES string of the molecule is CN(C)C(=O)COc1ccc(-c2cc(C(=O)N(C3CCCCC3)C3CCCCC3)no2)cc1. The van der Waals surface area contributed by atoms with E-state index in [1.807, 2.05) is 12.1 Å². The number of carbonyl (C=O) groups is 2. The number of aromatic nitrogens is 1. The van der Waals surface area contributed by atoms with E-state index in [2.05, 4.69) is 10.1 Å². The first-order chi connectivity index (χ1) is 16.0. The summed E-state index contributed by atoms with van der Waals surface area (Å²) in [6, 6.07) is 9.67. The minimum Gasteiger partial charge on any atom is -0.484 e. The first kappa shape index (κ1) is 23.3. The second kappa shape index (κ2) is 10.9. The van der Waals surface area contributed by atoms with E-state index >= 15 is 0 Å². The van der Waals surface area contributed by atoms with Crippen LogP contribution < -0.4 is 4.74 Å². The summed E-state index contributed by atoms with van der Waals surface area (Å²) in [4.78, 5) is 28.9. The van der Waals surface area contributed by atoms with Crippen molar-refractivity contribution in [3.63, 3.8) is 0 Å². The van der Waals surface area contributed by atoms with Crippen LogP contribution in [0.4, 0.5) is 0 Å². The van der Waals surface area contributed by atoms with Crippen molar-refractivity contribution in [1.82, 2.24) is 15.0 Å². The molecule has 2 fully saturated rings. The topological polar surface area (TPSA) is 75.9 Å². The summed E-state index contributed by atoms with van der Waals surface area (Å²) in [5.74, 6) is 1.07. The fourth-order valence-electron chi connectivity index (χ4n) is 4.98. The highest BCUT2D eigenvalue weighted by atomic mass is 16.5. The molecule has 1 aromatic heterocycles. The van der Waals surface area contributed by atoms with Crippen LogP contribution >= 0.6 is 0 Å². The van der Waals surface area contributed by atoms with E-state index in [1.54, 1.807) is 32.3 Å². The maximum atomic E-state index is 13.6. The number of benzene rings is 1. The van der Waals surface area contributed by atoms with Crippen LogP contribution in [0, 0.1) is 0 Å². The Morgan fingerprint density at radius 1 is 0.939 bits per heavy atom. The molecule has 2 aliphatic carbocycles. The third-order valence-corrected chi connectivity index (χ3v) is 6.90. The third-order valence-electron chi connectivity index (χ3n) is 6.90. The number of ether oxygens (including phenoxy) is 1. The van der Waals surface area contributed by atoms with Gasteiger partial charge in [0.05, 0.1) is 0 Å². The number of likely N-dealkylation sites (N-methyl/N-ethyl adjacent to an activating group) is 1. The molecule has 1 aromatic carbocycles. The van der Waals surface area contributed by atoms with Crippen LogP contribution in [-0.2, 0) is 4.79 Å². The number of amides is 2. The lowest BCUT2D eigenvalue weighted by Gasteiger charge is -2.41. The quantitative estimate of drug-likeness (QED) is 0.595. The van der Waals surface area contributed by atoms with Crippen LogP contribution in [0.2, 0.25) is 0 Å². The standard InChI is InChI=1S/C26H35N3O4/c1-28(2)25(30)18-32-22-15-13-19(14-16-22)24-17-23(27-33-24)26(31)29(20-9-5-3-6-10-20)21-11-7-4-8-12-21/h13-17,20-21H,3-12,18H2,1-2H3. The van der Waals surface area contributed by atoms with Gasteiger partial charge in [-0.15, -0.1) is 0 Å². The van der Waals surface area contributed by atoms with Gasteiger partial charge in [0.1, 0.15) is 5.75 Å². The van der Waals surface area contributed by atoms with Gasteiger partial charge in [0.2, 0.25) is 0 Å². The van der Waals surface area contributed by atoms with Crippen LogP contribution in [0.5, 0.6) is 5.75 Å². The van der Waals surface area contributed by atoms with Crippen molar-refractivity contribution in [2.45, 2.75) is 76.3 Å². The molecule has 7 heteroatoms. The van der Waals surface area contributed by atoms with E-state index < -0.39 is 0 Å². The van der Waals surface area contributed by atoms with E-state index in [-0.39, 0.29) is 18.4 Å². The lowest BCUT2D eigenvalue weighted by molar-refractivity contribution is -0.130. The number of hydrogen-bond acceptors (Lipinski definition) is 5. The second-order valence-corrected chi connectivity index (χ2v) is 9.47. The number of hydrogen-bond donors (Lipinski definition) is 0. The molecule has 0 spiro atoms. The zero-order valence-corrected chi connectivity index (χ0v) is 19.8. The van der Waals surface area contributed by atoms with Gasteiger partial charge in [-0.3, -0.25) is 9.59 Å². The number of carbonyl (C=O) groups excluding carboxylic acids is 2. The number of nitrogens with zero attached hydrogens (tertiary/aromatic N) is 3. The summed E-state index contributed by atoms with van der Waals surface area (Å²) >= 11 is 0. The molecule has 0 aliphatic heterocycles. The van der Waals surface area contributed by atoms with Crippen molar-refractivity contribution in [2.75, 3.05) is 20.7 Å². The summed E-state index contributed by atoms with van der Waals surface area (Å²) in [6.07, 6.45) is 11.7. The van der Waals surface area contributed by atoms with Gasteiger partial charge >= 0.3 is 0 Å². The first-order valence-electron chi connectivity index (χ1n) is 12.3. The van der Waals surface area contributed by atoms with Crippen LogP contribution in [0.3, 0.4) is 0 Å². The molecular weight excluding hydrogens is 418 g/mol. The maximum Gasteiger partial charge on any atom is 0.276 e. The van der Waals surface area contributed by atoms with E-state index in [0.29, 0.717) is 29.3 Å². The summed E-state index contributed by atoms with van der Waals surface area (Å²) in [5, 5.41) is 4.16. The summed E-state index contributed by atoms with van der Waals surface area (Å²) in [7, 11) is 3.39. The Bertz CT molecular complexity index is 907. The van der Waals surface area contributed by atoms with Gasteiger partial charge < -0.3 is 19.1 Å². The van der Waals surface area contributed by atoms with E-state index in [0.717, 1.165) is 31.2 Å². The van der Waals surface area contributed by atoms with E-state index in [4.69, 9.17) is 9.26 Å². The Kier molecular flexibility index (Phi) is 7.68. The van der Waals surface area contributed by atoms with Gasteiger partial charge in [0.25, 0.3) is 11.8 Å². The highest BCUT2D eigenvalue weighted by Crippen LogP contribution is 2.32. The lowest BCUT2D eigenvalue weighted by Crippen LogP contribution is -2.48. The molecule has 4 rings (SSSR count). The predicted octanol–water partition coefficient (Wildman–Crippen LogP) is 4.92. The van der Waals surface area contributed by atoms with E-state index in [9.17, 15) is 9.59 Å². The average Bonchev–Trinajstić information content (AvgIpc) is 3.35. The molecule has 0 bridgehead atoms. The van der Waals surface area contributed by atoms with Gasteiger partial charge in [0, 0.05) is 37.8 Å². The Labute approximate surface area is 196 Å². The van der Waals surface area contributed by atoms with Crippen LogP contribution in [-0.4, -0.2) is 59.6 Å². The largest absolute Gasteiger partial charge is 0.484 e. The molecule has 0 atom stereocenters. The highest BCUT2D eigenvalue weighted by molar-refractivity contribution is 5.93. The third kappa shape index (κ3) is 5.75. The lowest BCUT2D eigenvalue weighted by atomic mass is 9.88. The molecule has 33 heavy (non-hydrogen) atoms. The second-order valence-electron chi connectivity index (χ2n) is 9.47. The van der Waals surface area contributed by atoms with Gasteiger partial charge in [-0.1, -0.05) is 43.7 Å². The molecule has 0 unspecified atom stereocenters. The highest BCUT2D eigenvalue weighted by Gasteiger charge is 2.34. The Hall–Kier alpha value is -2.83. The Morgan fingerprint density at radius 2 is 1.52 bits per heavy atom. The molecule has 2 aliphatic rings. The fraction of sp³-hybridized carbons (Fsp3) is 0.577. The van der Waals surface area contributed by atoms with E-state index in [1.165, 1.54) is 43.4 Å². The zero-order valence-electron chi connectivity index (χ0n) is 19.8. The van der Waals surface area contributed by atoms with Crippen molar-refractivity contribution >= 4 is 11.8 Å². The zero-order chi connectivity index (χ0) is 23.2. The van der Waals surface area contributed by atoms with Crippen LogP contribution in [0.1, 0.15) is 74.7 Å². The molecule has 0 radical (unpaired) electrons. The maximum absolute atomic E-state index is 13.6. The Balaban J connectivity index is 1.46. The summed E-state index contributed by atoms with van der Waals surface area (Å²) in [6.45, 7) is -0.00846. The van der Waals surface area contributed by atoms with Gasteiger partial charge in [-0.05, 0) is 49.9 Å².